The van der Waals surface area contributed by atoms with Crippen molar-refractivity contribution in [3.8, 4) is 0 Å². The van der Waals surface area contributed by atoms with Gasteiger partial charge in [-0.1, -0.05) is 6.07 Å². The SMILES string of the molecule is CSCCC(O)Cc1cccs1. The quantitative estimate of drug-likeness (QED) is 0.791. The highest BCUT2D eigenvalue weighted by Crippen LogP contribution is 2.13. The van der Waals surface area contributed by atoms with E-state index in [0.29, 0.717) is 0 Å². The third-order valence-corrected chi connectivity index (χ3v) is 3.21. The maximum absolute atomic E-state index is 9.55. The minimum Gasteiger partial charge on any atom is -0.393 e. The Morgan fingerprint density at radius 2 is 2.50 bits per heavy atom. The number of thiophene rings is 1. The van der Waals surface area contributed by atoms with Crippen molar-refractivity contribution in [2.75, 3.05) is 12.0 Å². The van der Waals surface area contributed by atoms with Gasteiger partial charge in [0.1, 0.15) is 0 Å². The molecule has 0 aliphatic rings. The first kappa shape index (κ1) is 10.1. The van der Waals surface area contributed by atoms with Crippen LogP contribution in [0.1, 0.15) is 11.3 Å². The Balaban J connectivity index is 2.22. The number of aliphatic hydroxyl groups is 1. The summed E-state index contributed by atoms with van der Waals surface area (Å²) in [5.41, 5.74) is 0. The van der Waals surface area contributed by atoms with Gasteiger partial charge in [0.25, 0.3) is 0 Å². The number of hydrogen-bond donors (Lipinski definition) is 1. The summed E-state index contributed by atoms with van der Waals surface area (Å²) in [6.07, 6.45) is 3.63. The average molecular weight is 202 g/mol. The van der Waals surface area contributed by atoms with Crippen molar-refractivity contribution in [2.24, 2.45) is 0 Å². The first-order valence-corrected chi connectivity index (χ1v) is 6.29. The Morgan fingerprint density at radius 1 is 1.67 bits per heavy atom. The van der Waals surface area contributed by atoms with E-state index >= 15 is 0 Å². The second-order valence-corrected chi connectivity index (χ2v) is 4.74. The summed E-state index contributed by atoms with van der Waals surface area (Å²) in [7, 11) is 0. The predicted octanol–water partition coefficient (Wildman–Crippen LogP) is 2.40. The maximum atomic E-state index is 9.55. The molecule has 0 saturated heterocycles. The van der Waals surface area contributed by atoms with Crippen LogP contribution in [0.2, 0.25) is 0 Å². The summed E-state index contributed by atoms with van der Waals surface area (Å²) in [5, 5.41) is 11.6. The van der Waals surface area contributed by atoms with Crippen LogP contribution in [-0.2, 0) is 6.42 Å². The normalized spacial score (nSPS) is 13.2. The Bertz CT molecular complexity index is 196. The van der Waals surface area contributed by atoms with Crippen molar-refractivity contribution < 1.29 is 5.11 Å². The molecule has 1 N–H and O–H groups in total. The topological polar surface area (TPSA) is 20.2 Å². The molecule has 0 spiro atoms. The molecule has 1 aromatic rings. The molecule has 0 bridgehead atoms. The third-order valence-electron chi connectivity index (χ3n) is 1.67. The van der Waals surface area contributed by atoms with Crippen molar-refractivity contribution in [2.45, 2.75) is 18.9 Å². The predicted molar refractivity (Wildman–Crippen MR) is 57.0 cm³/mol. The highest BCUT2D eigenvalue weighted by molar-refractivity contribution is 7.98. The zero-order chi connectivity index (χ0) is 8.81. The molecular formula is C9H14OS2. The van der Waals surface area contributed by atoms with Crippen LogP contribution in [-0.4, -0.2) is 23.2 Å². The van der Waals surface area contributed by atoms with Crippen molar-refractivity contribution in [1.82, 2.24) is 0 Å². The number of thioether (sulfide) groups is 1. The van der Waals surface area contributed by atoms with Crippen LogP contribution in [0, 0.1) is 0 Å². The van der Waals surface area contributed by atoms with E-state index < -0.39 is 0 Å². The van der Waals surface area contributed by atoms with Crippen molar-refractivity contribution in [3.05, 3.63) is 22.4 Å². The zero-order valence-electron chi connectivity index (χ0n) is 7.19. The van der Waals surface area contributed by atoms with E-state index in [-0.39, 0.29) is 6.10 Å². The van der Waals surface area contributed by atoms with Crippen LogP contribution in [0.4, 0.5) is 0 Å². The lowest BCUT2D eigenvalue weighted by atomic mass is 10.2. The lowest BCUT2D eigenvalue weighted by molar-refractivity contribution is 0.173. The fourth-order valence-electron chi connectivity index (χ4n) is 1.02. The summed E-state index contributed by atoms with van der Waals surface area (Å²) in [5.74, 6) is 1.05. The van der Waals surface area contributed by atoms with Crippen molar-refractivity contribution >= 4 is 23.1 Å². The summed E-state index contributed by atoms with van der Waals surface area (Å²) in [4.78, 5) is 1.28. The van der Waals surface area contributed by atoms with E-state index in [1.54, 1.807) is 23.1 Å². The molecule has 1 atom stereocenters. The van der Waals surface area contributed by atoms with Gasteiger partial charge in [-0.2, -0.15) is 11.8 Å². The highest BCUT2D eigenvalue weighted by Gasteiger charge is 2.04. The minimum atomic E-state index is -0.156. The lowest BCUT2D eigenvalue weighted by Gasteiger charge is -2.07. The van der Waals surface area contributed by atoms with Gasteiger partial charge in [0.15, 0.2) is 0 Å². The van der Waals surface area contributed by atoms with E-state index in [9.17, 15) is 5.11 Å². The summed E-state index contributed by atoms with van der Waals surface area (Å²) in [6.45, 7) is 0. The molecule has 1 heterocycles. The molecule has 3 heteroatoms. The standard InChI is InChI=1S/C9H14OS2/c1-11-6-4-8(10)7-9-3-2-5-12-9/h2-3,5,8,10H,4,6-7H2,1H3. The maximum Gasteiger partial charge on any atom is 0.0596 e. The number of aliphatic hydroxyl groups excluding tert-OH is 1. The van der Waals surface area contributed by atoms with Gasteiger partial charge in [-0.15, -0.1) is 11.3 Å². The molecule has 1 nitrogen and oxygen atoms in total. The van der Waals surface area contributed by atoms with Crippen LogP contribution >= 0.6 is 23.1 Å². The fourth-order valence-corrected chi connectivity index (χ4v) is 2.30. The van der Waals surface area contributed by atoms with E-state index in [0.717, 1.165) is 18.6 Å². The number of rotatable bonds is 5. The smallest absolute Gasteiger partial charge is 0.0596 e. The van der Waals surface area contributed by atoms with Crippen LogP contribution in [0.3, 0.4) is 0 Å². The van der Waals surface area contributed by atoms with Gasteiger partial charge < -0.3 is 5.11 Å². The van der Waals surface area contributed by atoms with Crippen molar-refractivity contribution in [1.29, 1.82) is 0 Å². The monoisotopic (exact) mass is 202 g/mol. The van der Waals surface area contributed by atoms with E-state index in [4.69, 9.17) is 0 Å². The van der Waals surface area contributed by atoms with Crippen LogP contribution in [0.15, 0.2) is 17.5 Å². The van der Waals surface area contributed by atoms with E-state index in [1.165, 1.54) is 4.88 Å². The van der Waals surface area contributed by atoms with E-state index in [1.807, 2.05) is 6.07 Å². The average Bonchev–Trinajstić information content (AvgIpc) is 2.53. The van der Waals surface area contributed by atoms with Gasteiger partial charge in [-0.25, -0.2) is 0 Å². The van der Waals surface area contributed by atoms with Crippen LogP contribution < -0.4 is 0 Å². The third kappa shape index (κ3) is 3.61. The molecule has 1 unspecified atom stereocenters. The molecular weight excluding hydrogens is 188 g/mol. The van der Waals surface area contributed by atoms with Gasteiger partial charge in [0, 0.05) is 11.3 Å². The Morgan fingerprint density at radius 3 is 3.08 bits per heavy atom. The molecule has 0 saturated carbocycles. The van der Waals surface area contributed by atoms with Gasteiger partial charge in [-0.3, -0.25) is 0 Å². The van der Waals surface area contributed by atoms with Crippen LogP contribution in [0.25, 0.3) is 0 Å². The molecule has 0 radical (unpaired) electrons. The Hall–Kier alpha value is 0.01000. The first-order valence-electron chi connectivity index (χ1n) is 4.02. The molecule has 1 aromatic heterocycles. The minimum absolute atomic E-state index is 0.156. The fraction of sp³-hybridized carbons (Fsp3) is 0.556. The van der Waals surface area contributed by atoms with Gasteiger partial charge in [0.05, 0.1) is 6.10 Å². The molecule has 1 rings (SSSR count). The zero-order valence-corrected chi connectivity index (χ0v) is 8.83. The largest absolute Gasteiger partial charge is 0.393 e. The summed E-state index contributed by atoms with van der Waals surface area (Å²) < 4.78 is 0. The van der Waals surface area contributed by atoms with Crippen molar-refractivity contribution in [3.63, 3.8) is 0 Å². The van der Waals surface area contributed by atoms with Gasteiger partial charge >= 0.3 is 0 Å². The van der Waals surface area contributed by atoms with Gasteiger partial charge in [-0.05, 0) is 29.9 Å². The number of hydrogen-bond acceptors (Lipinski definition) is 3. The lowest BCUT2D eigenvalue weighted by Crippen LogP contribution is -2.10. The van der Waals surface area contributed by atoms with Crippen LogP contribution in [0.5, 0.6) is 0 Å². The summed E-state index contributed by atoms with van der Waals surface area (Å²) >= 11 is 3.50. The molecule has 12 heavy (non-hydrogen) atoms. The second-order valence-electron chi connectivity index (χ2n) is 2.72. The molecule has 0 aliphatic carbocycles. The molecule has 0 amide bonds. The highest BCUT2D eigenvalue weighted by atomic mass is 32.2. The van der Waals surface area contributed by atoms with Gasteiger partial charge in [0.2, 0.25) is 0 Å². The molecule has 0 aliphatic heterocycles. The Labute approximate surface area is 81.8 Å². The molecule has 0 aromatic carbocycles. The molecule has 0 fully saturated rings. The summed E-state index contributed by atoms with van der Waals surface area (Å²) in [6, 6.07) is 4.11. The molecule has 68 valence electrons. The Kier molecular flexibility index (Phi) is 4.73. The first-order chi connectivity index (χ1) is 5.83. The van der Waals surface area contributed by atoms with E-state index in [2.05, 4.69) is 17.7 Å². The second kappa shape index (κ2) is 5.62.